The first kappa shape index (κ1) is 14.5. The molecule has 0 fully saturated rings. The van der Waals surface area contributed by atoms with Gasteiger partial charge in [-0.2, -0.15) is 5.10 Å². The van der Waals surface area contributed by atoms with Crippen molar-refractivity contribution in [1.29, 1.82) is 0 Å². The van der Waals surface area contributed by atoms with E-state index in [2.05, 4.69) is 10.4 Å². The van der Waals surface area contributed by atoms with Crippen LogP contribution in [0.1, 0.15) is 33.4 Å². The lowest BCUT2D eigenvalue weighted by molar-refractivity contribution is 0.167. The van der Waals surface area contributed by atoms with Crippen molar-refractivity contribution in [3.8, 4) is 0 Å². The van der Waals surface area contributed by atoms with Gasteiger partial charge in [0.2, 0.25) is 0 Å². The monoisotopic (exact) mass is 255 g/mol. The van der Waals surface area contributed by atoms with Crippen LogP contribution in [0.2, 0.25) is 0 Å². The zero-order valence-corrected chi connectivity index (χ0v) is 11.4. The van der Waals surface area contributed by atoms with Gasteiger partial charge in [-0.25, -0.2) is 9.48 Å². The number of amides is 1. The van der Waals surface area contributed by atoms with E-state index in [1.807, 2.05) is 20.8 Å². The number of nitrogens with one attached hydrogen (secondary N) is 1. The fourth-order valence-corrected chi connectivity index (χ4v) is 1.42. The second kappa shape index (κ2) is 5.86. The number of hydrogen-bond donors (Lipinski definition) is 2. The lowest BCUT2D eigenvalue weighted by Crippen LogP contribution is -2.17. The Morgan fingerprint density at radius 1 is 1.56 bits per heavy atom. The Morgan fingerprint density at radius 3 is 2.72 bits per heavy atom. The molecule has 1 heterocycles. The van der Waals surface area contributed by atoms with Crippen LogP contribution in [-0.4, -0.2) is 34.2 Å². The fourth-order valence-electron chi connectivity index (χ4n) is 1.42. The molecule has 6 heteroatoms. The van der Waals surface area contributed by atoms with Crippen LogP contribution in [0.5, 0.6) is 0 Å². The third kappa shape index (κ3) is 3.73. The molecule has 2 N–H and O–H groups in total. The van der Waals surface area contributed by atoms with Gasteiger partial charge in [-0.1, -0.05) is 20.8 Å². The minimum absolute atomic E-state index is 0.0389. The highest BCUT2D eigenvalue weighted by Crippen LogP contribution is 2.24. The Balaban J connectivity index is 2.94. The number of aliphatic hydroxyl groups excluding tert-OH is 1. The van der Waals surface area contributed by atoms with Crippen molar-refractivity contribution in [3.05, 3.63) is 11.8 Å². The summed E-state index contributed by atoms with van der Waals surface area (Å²) < 4.78 is 6.39. The fraction of sp³-hybridized carbons (Fsp3) is 0.667. The number of hydrogen-bond acceptors (Lipinski definition) is 4. The molecule has 0 atom stereocenters. The molecule has 0 saturated carbocycles. The van der Waals surface area contributed by atoms with Crippen LogP contribution >= 0.6 is 0 Å². The first-order valence-corrected chi connectivity index (χ1v) is 6.01. The van der Waals surface area contributed by atoms with E-state index < -0.39 is 6.09 Å². The van der Waals surface area contributed by atoms with Crippen molar-refractivity contribution in [3.63, 3.8) is 0 Å². The van der Waals surface area contributed by atoms with Gasteiger partial charge in [0.05, 0.1) is 25.5 Å². The first-order valence-electron chi connectivity index (χ1n) is 6.01. The standard InChI is InChI=1S/C12H21N3O3/c1-5-18-11(17)13-10-8-9(12(2,3)4)14-15(10)6-7-16/h8,16H,5-7H2,1-4H3,(H,13,17). The molecular weight excluding hydrogens is 234 g/mol. The summed E-state index contributed by atoms with van der Waals surface area (Å²) in [6.07, 6.45) is -0.517. The highest BCUT2D eigenvalue weighted by Gasteiger charge is 2.20. The van der Waals surface area contributed by atoms with Crippen molar-refractivity contribution in [1.82, 2.24) is 9.78 Å². The number of anilines is 1. The van der Waals surface area contributed by atoms with Gasteiger partial charge in [-0.05, 0) is 6.92 Å². The molecule has 6 nitrogen and oxygen atoms in total. The second-order valence-electron chi connectivity index (χ2n) is 4.96. The van der Waals surface area contributed by atoms with E-state index in [1.165, 1.54) is 0 Å². The van der Waals surface area contributed by atoms with Crippen LogP contribution in [0.4, 0.5) is 10.6 Å². The van der Waals surface area contributed by atoms with E-state index in [-0.39, 0.29) is 12.0 Å². The highest BCUT2D eigenvalue weighted by molar-refractivity contribution is 5.83. The number of rotatable bonds is 4. The molecule has 0 aliphatic heterocycles. The summed E-state index contributed by atoms with van der Waals surface area (Å²) in [5, 5.41) is 16.0. The minimum Gasteiger partial charge on any atom is -0.450 e. The molecule has 1 aromatic rings. The molecule has 1 amide bonds. The average molecular weight is 255 g/mol. The zero-order valence-electron chi connectivity index (χ0n) is 11.4. The van der Waals surface area contributed by atoms with E-state index >= 15 is 0 Å². The normalized spacial score (nSPS) is 11.4. The lowest BCUT2D eigenvalue weighted by Gasteiger charge is -2.13. The Labute approximate surface area is 107 Å². The number of aromatic nitrogens is 2. The summed E-state index contributed by atoms with van der Waals surface area (Å²) in [5.41, 5.74) is 0.731. The van der Waals surface area contributed by atoms with E-state index in [1.54, 1.807) is 17.7 Å². The van der Waals surface area contributed by atoms with Crippen molar-refractivity contribution < 1.29 is 14.6 Å². The largest absolute Gasteiger partial charge is 0.450 e. The Kier molecular flexibility index (Phi) is 4.72. The summed E-state index contributed by atoms with van der Waals surface area (Å²) in [6.45, 7) is 8.45. The molecule has 18 heavy (non-hydrogen) atoms. The van der Waals surface area contributed by atoms with E-state index in [0.717, 1.165) is 5.69 Å². The average Bonchev–Trinajstić information content (AvgIpc) is 2.62. The highest BCUT2D eigenvalue weighted by atomic mass is 16.5. The molecule has 0 aliphatic rings. The van der Waals surface area contributed by atoms with Gasteiger partial charge in [0.15, 0.2) is 0 Å². The SMILES string of the molecule is CCOC(=O)Nc1cc(C(C)(C)C)nn1CCO. The number of carbonyl (C=O) groups excluding carboxylic acids is 1. The Morgan fingerprint density at radius 2 is 2.22 bits per heavy atom. The third-order valence-electron chi connectivity index (χ3n) is 2.37. The molecule has 102 valence electrons. The van der Waals surface area contributed by atoms with Crippen LogP contribution in [0, 0.1) is 0 Å². The summed E-state index contributed by atoms with van der Waals surface area (Å²) >= 11 is 0. The Bertz CT molecular complexity index is 407. The minimum atomic E-state index is -0.517. The summed E-state index contributed by atoms with van der Waals surface area (Å²) in [6, 6.07) is 1.80. The smallest absolute Gasteiger partial charge is 0.412 e. The summed E-state index contributed by atoms with van der Waals surface area (Å²) in [5.74, 6) is 0.535. The second-order valence-corrected chi connectivity index (χ2v) is 4.96. The number of ether oxygens (including phenoxy) is 1. The van der Waals surface area contributed by atoms with E-state index in [0.29, 0.717) is 19.0 Å². The van der Waals surface area contributed by atoms with Gasteiger partial charge in [0, 0.05) is 11.5 Å². The molecule has 0 aliphatic carbocycles. The molecule has 1 rings (SSSR count). The molecule has 1 aromatic heterocycles. The molecule has 0 unspecified atom stereocenters. The number of carbonyl (C=O) groups is 1. The van der Waals surface area contributed by atoms with Crippen LogP contribution in [0.25, 0.3) is 0 Å². The van der Waals surface area contributed by atoms with Crippen molar-refractivity contribution in [2.75, 3.05) is 18.5 Å². The molecule has 0 spiro atoms. The van der Waals surface area contributed by atoms with Gasteiger partial charge >= 0.3 is 6.09 Å². The predicted octanol–water partition coefficient (Wildman–Crippen LogP) is 1.74. The number of nitrogens with zero attached hydrogens (tertiary/aromatic N) is 2. The van der Waals surface area contributed by atoms with Gasteiger partial charge in [-0.15, -0.1) is 0 Å². The molecular formula is C12H21N3O3. The first-order chi connectivity index (χ1) is 8.38. The van der Waals surface area contributed by atoms with Gasteiger partial charge in [0.25, 0.3) is 0 Å². The quantitative estimate of drug-likeness (QED) is 0.859. The number of aliphatic hydroxyl groups is 1. The van der Waals surface area contributed by atoms with Crippen molar-refractivity contribution in [2.24, 2.45) is 0 Å². The maximum Gasteiger partial charge on any atom is 0.412 e. The Hall–Kier alpha value is -1.56. The van der Waals surface area contributed by atoms with Crippen LogP contribution in [-0.2, 0) is 16.7 Å². The van der Waals surface area contributed by atoms with E-state index in [4.69, 9.17) is 9.84 Å². The molecule has 0 saturated heterocycles. The van der Waals surface area contributed by atoms with Crippen LogP contribution in [0.3, 0.4) is 0 Å². The van der Waals surface area contributed by atoms with Crippen molar-refractivity contribution >= 4 is 11.9 Å². The predicted molar refractivity (Wildman–Crippen MR) is 68.7 cm³/mol. The third-order valence-corrected chi connectivity index (χ3v) is 2.37. The molecule has 0 radical (unpaired) electrons. The maximum absolute atomic E-state index is 11.4. The topological polar surface area (TPSA) is 76.4 Å². The zero-order chi connectivity index (χ0) is 13.8. The summed E-state index contributed by atoms with van der Waals surface area (Å²) in [7, 11) is 0. The van der Waals surface area contributed by atoms with Gasteiger partial charge < -0.3 is 9.84 Å². The van der Waals surface area contributed by atoms with Crippen molar-refractivity contribution in [2.45, 2.75) is 39.7 Å². The maximum atomic E-state index is 11.4. The summed E-state index contributed by atoms with van der Waals surface area (Å²) in [4.78, 5) is 11.4. The lowest BCUT2D eigenvalue weighted by atomic mass is 9.92. The molecule has 0 bridgehead atoms. The van der Waals surface area contributed by atoms with Gasteiger partial charge in [-0.3, -0.25) is 5.32 Å². The van der Waals surface area contributed by atoms with Crippen LogP contribution in [0.15, 0.2) is 6.07 Å². The van der Waals surface area contributed by atoms with Gasteiger partial charge in [0.1, 0.15) is 5.82 Å². The molecule has 0 aromatic carbocycles. The van der Waals surface area contributed by atoms with E-state index in [9.17, 15) is 4.79 Å². The van der Waals surface area contributed by atoms with Crippen LogP contribution < -0.4 is 5.32 Å².